The van der Waals surface area contributed by atoms with Crippen LogP contribution in [0.3, 0.4) is 0 Å². The van der Waals surface area contributed by atoms with E-state index in [2.05, 4.69) is 15.8 Å². The Morgan fingerprint density at radius 1 is 1.11 bits per heavy atom. The predicted molar refractivity (Wildman–Crippen MR) is 104 cm³/mol. The van der Waals surface area contributed by atoms with Crippen LogP contribution in [-0.4, -0.2) is 42.8 Å². The van der Waals surface area contributed by atoms with Crippen molar-refractivity contribution in [1.29, 1.82) is 0 Å². The number of carboxylic acids is 1. The number of hydrogen-bond donors (Lipinski definition) is 3. The van der Waals surface area contributed by atoms with E-state index in [0.717, 1.165) is 5.56 Å². The molecule has 0 atom stereocenters. The highest BCUT2D eigenvalue weighted by atomic mass is 16.5. The van der Waals surface area contributed by atoms with Crippen molar-refractivity contribution >= 4 is 30.1 Å². The second-order valence-corrected chi connectivity index (χ2v) is 5.51. The first kappa shape index (κ1) is 20.4. The average molecular weight is 381 g/mol. The number of methoxy groups -OCH3 is 1. The van der Waals surface area contributed by atoms with Crippen molar-refractivity contribution in [3.8, 4) is 5.75 Å². The van der Waals surface area contributed by atoms with E-state index in [-0.39, 0.29) is 12.1 Å². The van der Waals surface area contributed by atoms with Crippen LogP contribution in [0.5, 0.6) is 5.75 Å². The molecule has 8 heteroatoms. The van der Waals surface area contributed by atoms with Crippen LogP contribution in [0.4, 0.5) is 0 Å². The monoisotopic (exact) mass is 381 g/mol. The highest BCUT2D eigenvalue weighted by molar-refractivity contribution is 5.94. The summed E-state index contributed by atoms with van der Waals surface area (Å²) < 4.78 is 5.18. The van der Waals surface area contributed by atoms with Gasteiger partial charge < -0.3 is 15.2 Å². The summed E-state index contributed by atoms with van der Waals surface area (Å²) in [6.45, 7) is -0.246. The fraction of sp³-hybridized carbons (Fsp3) is 0.100. The zero-order valence-electron chi connectivity index (χ0n) is 15.1. The molecular weight excluding hydrogens is 362 g/mol. The van der Waals surface area contributed by atoms with Crippen molar-refractivity contribution in [2.75, 3.05) is 13.7 Å². The van der Waals surface area contributed by atoms with Crippen LogP contribution in [0.15, 0.2) is 59.7 Å². The Labute approximate surface area is 161 Å². The number of nitrogens with zero attached hydrogens (tertiary/aromatic N) is 1. The molecule has 2 aromatic rings. The Balaban J connectivity index is 1.77. The lowest BCUT2D eigenvalue weighted by Crippen LogP contribution is -2.34. The van der Waals surface area contributed by atoms with Crippen LogP contribution in [-0.2, 0) is 9.59 Å². The number of nitrogens with one attached hydrogen (secondary N) is 2. The first-order valence-electron chi connectivity index (χ1n) is 8.24. The number of carbonyl (C=O) groups excluding carboxylic acids is 2. The molecular formula is C20H19N3O5. The number of benzene rings is 2. The SMILES string of the molecule is COc1ccccc1/C=C/C(=O)NCC(=O)N/N=C\c1ccc(C(=O)O)cc1. The highest BCUT2D eigenvalue weighted by Crippen LogP contribution is 2.18. The maximum atomic E-state index is 11.8. The van der Waals surface area contributed by atoms with Gasteiger partial charge >= 0.3 is 5.97 Å². The van der Waals surface area contributed by atoms with E-state index in [1.54, 1.807) is 30.3 Å². The molecule has 8 nitrogen and oxygen atoms in total. The molecule has 2 amide bonds. The number of aromatic carboxylic acids is 1. The van der Waals surface area contributed by atoms with Crippen molar-refractivity contribution in [1.82, 2.24) is 10.7 Å². The van der Waals surface area contributed by atoms with E-state index in [4.69, 9.17) is 9.84 Å². The molecule has 0 aliphatic heterocycles. The Morgan fingerprint density at radius 3 is 2.50 bits per heavy atom. The first-order chi connectivity index (χ1) is 13.5. The van der Waals surface area contributed by atoms with Gasteiger partial charge in [0, 0.05) is 11.6 Å². The third-order valence-corrected chi connectivity index (χ3v) is 3.54. The topological polar surface area (TPSA) is 117 Å². The Morgan fingerprint density at radius 2 is 1.82 bits per heavy atom. The molecule has 0 saturated carbocycles. The zero-order chi connectivity index (χ0) is 20.4. The molecule has 0 aliphatic rings. The minimum absolute atomic E-state index is 0.157. The number of para-hydroxylation sites is 1. The smallest absolute Gasteiger partial charge is 0.335 e. The summed E-state index contributed by atoms with van der Waals surface area (Å²) >= 11 is 0. The van der Waals surface area contributed by atoms with Gasteiger partial charge in [0.05, 0.1) is 25.4 Å². The number of amides is 2. The number of hydrazone groups is 1. The molecule has 0 bridgehead atoms. The summed E-state index contributed by atoms with van der Waals surface area (Å²) in [4.78, 5) is 34.3. The van der Waals surface area contributed by atoms with Gasteiger partial charge in [-0.15, -0.1) is 0 Å². The normalized spacial score (nSPS) is 10.8. The van der Waals surface area contributed by atoms with E-state index in [9.17, 15) is 14.4 Å². The number of carbonyl (C=O) groups is 3. The van der Waals surface area contributed by atoms with Gasteiger partial charge in [-0.1, -0.05) is 30.3 Å². The number of ether oxygens (including phenoxy) is 1. The lowest BCUT2D eigenvalue weighted by molar-refractivity contribution is -0.123. The minimum Gasteiger partial charge on any atom is -0.496 e. The summed E-state index contributed by atoms with van der Waals surface area (Å²) in [5.74, 6) is -1.32. The number of carboxylic acid groups (broad SMARTS) is 1. The largest absolute Gasteiger partial charge is 0.496 e. The van der Waals surface area contributed by atoms with Crippen LogP contribution in [0.2, 0.25) is 0 Å². The van der Waals surface area contributed by atoms with Gasteiger partial charge in [0.15, 0.2) is 0 Å². The van der Waals surface area contributed by atoms with E-state index in [1.165, 1.54) is 31.5 Å². The molecule has 0 spiro atoms. The van der Waals surface area contributed by atoms with Crippen LogP contribution in [0.1, 0.15) is 21.5 Å². The van der Waals surface area contributed by atoms with Gasteiger partial charge in [-0.3, -0.25) is 9.59 Å². The molecule has 28 heavy (non-hydrogen) atoms. The molecule has 0 saturated heterocycles. The van der Waals surface area contributed by atoms with E-state index >= 15 is 0 Å². The molecule has 2 aromatic carbocycles. The molecule has 0 radical (unpaired) electrons. The molecule has 0 unspecified atom stereocenters. The maximum absolute atomic E-state index is 11.8. The zero-order valence-corrected chi connectivity index (χ0v) is 15.1. The Kier molecular flexibility index (Phi) is 7.47. The molecule has 144 valence electrons. The summed E-state index contributed by atoms with van der Waals surface area (Å²) in [5.41, 5.74) is 3.79. The Bertz CT molecular complexity index is 904. The number of rotatable bonds is 8. The predicted octanol–water partition coefficient (Wildman–Crippen LogP) is 1.67. The van der Waals surface area contributed by atoms with Gasteiger partial charge in [0.25, 0.3) is 5.91 Å². The van der Waals surface area contributed by atoms with E-state index in [1.807, 2.05) is 12.1 Å². The second-order valence-electron chi connectivity index (χ2n) is 5.51. The fourth-order valence-electron chi connectivity index (χ4n) is 2.13. The molecule has 0 heterocycles. The summed E-state index contributed by atoms with van der Waals surface area (Å²) in [6, 6.07) is 13.2. The van der Waals surface area contributed by atoms with Gasteiger partial charge in [-0.25, -0.2) is 10.2 Å². The number of hydrogen-bond acceptors (Lipinski definition) is 5. The molecule has 0 fully saturated rings. The van der Waals surface area contributed by atoms with Crippen molar-refractivity contribution in [3.05, 3.63) is 71.3 Å². The van der Waals surface area contributed by atoms with Crippen LogP contribution in [0, 0.1) is 0 Å². The molecule has 2 rings (SSSR count). The summed E-state index contributed by atoms with van der Waals surface area (Å²) in [7, 11) is 1.54. The van der Waals surface area contributed by atoms with E-state index in [0.29, 0.717) is 11.3 Å². The minimum atomic E-state index is -1.02. The second kappa shape index (κ2) is 10.3. The van der Waals surface area contributed by atoms with Gasteiger partial charge in [0.1, 0.15) is 5.75 Å². The first-order valence-corrected chi connectivity index (χ1v) is 8.24. The molecule has 0 aliphatic carbocycles. The maximum Gasteiger partial charge on any atom is 0.335 e. The van der Waals surface area contributed by atoms with E-state index < -0.39 is 17.8 Å². The lowest BCUT2D eigenvalue weighted by atomic mass is 10.1. The lowest BCUT2D eigenvalue weighted by Gasteiger charge is -2.04. The summed E-state index contributed by atoms with van der Waals surface area (Å²) in [5, 5.41) is 15.0. The standard InChI is InChI=1S/C20H19N3O5/c1-28-17-5-3-2-4-15(17)10-11-18(24)21-13-19(25)23-22-12-14-6-8-16(9-7-14)20(26)27/h2-12H,13H2,1H3,(H,21,24)(H,23,25)(H,26,27)/b11-10+,22-12-. The van der Waals surface area contributed by atoms with Crippen LogP contribution < -0.4 is 15.5 Å². The third kappa shape index (κ3) is 6.41. The fourth-order valence-corrected chi connectivity index (χ4v) is 2.13. The highest BCUT2D eigenvalue weighted by Gasteiger charge is 2.03. The van der Waals surface area contributed by atoms with Crippen molar-refractivity contribution < 1.29 is 24.2 Å². The van der Waals surface area contributed by atoms with Crippen molar-refractivity contribution in [2.45, 2.75) is 0 Å². The third-order valence-electron chi connectivity index (χ3n) is 3.54. The van der Waals surface area contributed by atoms with Crippen molar-refractivity contribution in [3.63, 3.8) is 0 Å². The average Bonchev–Trinajstić information content (AvgIpc) is 2.71. The summed E-state index contributed by atoms with van der Waals surface area (Å²) in [6.07, 6.45) is 4.26. The van der Waals surface area contributed by atoms with Crippen molar-refractivity contribution in [2.24, 2.45) is 5.10 Å². The van der Waals surface area contributed by atoms with Gasteiger partial charge in [-0.2, -0.15) is 5.10 Å². The van der Waals surface area contributed by atoms with Gasteiger partial charge in [0.2, 0.25) is 5.91 Å². The van der Waals surface area contributed by atoms with Gasteiger partial charge in [-0.05, 0) is 29.8 Å². The quantitative estimate of drug-likeness (QED) is 0.365. The molecule has 0 aromatic heterocycles. The van der Waals surface area contributed by atoms with Crippen LogP contribution in [0.25, 0.3) is 6.08 Å². The van der Waals surface area contributed by atoms with Crippen LogP contribution >= 0.6 is 0 Å². The Hall–Kier alpha value is -3.94. The molecule has 3 N–H and O–H groups in total.